The summed E-state index contributed by atoms with van der Waals surface area (Å²) in [7, 11) is 6.08. The summed E-state index contributed by atoms with van der Waals surface area (Å²) in [4.78, 5) is 38.9. The van der Waals surface area contributed by atoms with Gasteiger partial charge in [-0.3, -0.25) is 0 Å². The molecule has 1 aliphatic rings. The Labute approximate surface area is 270 Å². The summed E-state index contributed by atoms with van der Waals surface area (Å²) in [5.41, 5.74) is -0.0866. The van der Waals surface area contributed by atoms with E-state index < -0.39 is 35.4 Å². The molecular weight excluding hydrogens is 608 g/mol. The molecule has 1 aliphatic heterocycles. The van der Waals surface area contributed by atoms with Crippen LogP contribution in [0, 0.1) is 0 Å². The monoisotopic (exact) mass is 642 g/mol. The number of methoxy groups -OCH3 is 4. The number of carbonyl (C=O) groups is 2. The van der Waals surface area contributed by atoms with Gasteiger partial charge in [0.15, 0.2) is 35.2 Å². The van der Waals surface area contributed by atoms with Crippen molar-refractivity contribution in [3.63, 3.8) is 0 Å². The number of ether oxygens (including phenoxy) is 7. The second kappa shape index (κ2) is 13.7. The normalized spacial score (nSPS) is 16.7. The van der Waals surface area contributed by atoms with Gasteiger partial charge in [0, 0.05) is 23.6 Å². The van der Waals surface area contributed by atoms with Crippen molar-refractivity contribution in [1.29, 1.82) is 0 Å². The molecule has 244 valence electrons. The van der Waals surface area contributed by atoms with Gasteiger partial charge in [-0.15, -0.1) is 0 Å². The minimum absolute atomic E-state index is 0.147. The molecule has 5 rings (SSSR count). The number of esters is 2. The van der Waals surface area contributed by atoms with Crippen LogP contribution < -0.4 is 29.3 Å². The minimum atomic E-state index is -1.22. The summed E-state index contributed by atoms with van der Waals surface area (Å²) < 4.78 is 45.0. The van der Waals surface area contributed by atoms with Gasteiger partial charge in [-0.25, -0.2) is 14.4 Å². The van der Waals surface area contributed by atoms with Crippen LogP contribution in [-0.4, -0.2) is 52.1 Å². The van der Waals surface area contributed by atoms with Gasteiger partial charge in [0.25, 0.3) is 0 Å². The SMILES string of the molecule is COc1ccc(/C=C/C(=O)OC2c3c(ccc4ccc(=O)oc34)OC(C)(C)C2OC(=O)/C=C/c2ccc(OC)c(OC)c2)cc1OC. The number of hydrogen-bond donors (Lipinski definition) is 0. The molecular formula is C36H34O11. The Morgan fingerprint density at radius 1 is 0.702 bits per heavy atom. The van der Waals surface area contributed by atoms with Crippen molar-refractivity contribution in [3.8, 4) is 28.7 Å². The Morgan fingerprint density at radius 2 is 1.23 bits per heavy atom. The zero-order valence-corrected chi connectivity index (χ0v) is 26.7. The quantitative estimate of drug-likeness (QED) is 0.116. The minimum Gasteiger partial charge on any atom is -0.493 e. The standard InChI is InChI=1S/C36H34O11/c1-36(2)35(46-31(39)17-10-22-8-14-25(41-4)28(20-22)43-6)34(32-26(47-36)15-11-23-12-18-30(38)44-33(23)32)45-29(37)16-9-21-7-13-24(40-3)27(19-21)42-5/h7-20,34-35H,1-6H3/b16-9+,17-10+. The number of carbonyl (C=O) groups excluding carboxylic acids is 2. The molecule has 0 N–H and O–H groups in total. The third-order valence-corrected chi connectivity index (χ3v) is 7.53. The van der Waals surface area contributed by atoms with Gasteiger partial charge in [0.2, 0.25) is 0 Å². The average Bonchev–Trinajstić information content (AvgIpc) is 3.06. The average molecular weight is 643 g/mol. The van der Waals surface area contributed by atoms with Gasteiger partial charge in [-0.1, -0.05) is 12.1 Å². The van der Waals surface area contributed by atoms with E-state index in [1.807, 2.05) is 0 Å². The van der Waals surface area contributed by atoms with Crippen molar-refractivity contribution in [2.75, 3.05) is 28.4 Å². The van der Waals surface area contributed by atoms with Gasteiger partial charge in [-0.2, -0.15) is 0 Å². The summed E-state index contributed by atoms with van der Waals surface area (Å²) in [6, 6.07) is 16.6. The predicted octanol–water partition coefficient (Wildman–Crippen LogP) is 5.92. The van der Waals surface area contributed by atoms with Crippen LogP contribution in [0.5, 0.6) is 28.7 Å². The largest absolute Gasteiger partial charge is 0.493 e. The van der Waals surface area contributed by atoms with Crippen molar-refractivity contribution < 1.29 is 47.2 Å². The highest BCUT2D eigenvalue weighted by molar-refractivity contribution is 5.90. The number of hydrogen-bond acceptors (Lipinski definition) is 11. The van der Waals surface area contributed by atoms with Crippen LogP contribution in [0.15, 0.2) is 82.0 Å². The van der Waals surface area contributed by atoms with Gasteiger partial charge in [-0.05, 0) is 79.6 Å². The fourth-order valence-electron chi connectivity index (χ4n) is 5.25. The highest BCUT2D eigenvalue weighted by Crippen LogP contribution is 2.46. The Balaban J connectivity index is 1.49. The summed E-state index contributed by atoms with van der Waals surface area (Å²) in [6.45, 7) is 3.41. The Morgan fingerprint density at radius 3 is 1.79 bits per heavy atom. The van der Waals surface area contributed by atoms with E-state index in [1.54, 1.807) is 80.6 Å². The van der Waals surface area contributed by atoms with Crippen molar-refractivity contribution >= 4 is 35.1 Å². The van der Waals surface area contributed by atoms with E-state index >= 15 is 0 Å². The molecule has 0 bridgehead atoms. The Bertz CT molecular complexity index is 1920. The first kappa shape index (κ1) is 32.7. The predicted molar refractivity (Wildman–Crippen MR) is 173 cm³/mol. The van der Waals surface area contributed by atoms with E-state index in [0.29, 0.717) is 45.3 Å². The maximum absolute atomic E-state index is 13.4. The van der Waals surface area contributed by atoms with Crippen LogP contribution in [0.1, 0.15) is 36.6 Å². The van der Waals surface area contributed by atoms with Crippen molar-refractivity contribution in [3.05, 3.63) is 99.9 Å². The summed E-state index contributed by atoms with van der Waals surface area (Å²) in [5, 5.41) is 0.562. The lowest BCUT2D eigenvalue weighted by Gasteiger charge is -2.43. The summed E-state index contributed by atoms with van der Waals surface area (Å²) in [6.07, 6.45) is 3.20. The molecule has 3 aromatic carbocycles. The van der Waals surface area contributed by atoms with Crippen LogP contribution in [0.3, 0.4) is 0 Å². The molecule has 11 nitrogen and oxygen atoms in total. The van der Waals surface area contributed by atoms with Crippen molar-refractivity contribution in [2.45, 2.75) is 31.7 Å². The van der Waals surface area contributed by atoms with E-state index in [0.717, 1.165) is 0 Å². The van der Waals surface area contributed by atoms with Crippen molar-refractivity contribution in [1.82, 2.24) is 0 Å². The van der Waals surface area contributed by atoms with Crippen molar-refractivity contribution in [2.24, 2.45) is 0 Å². The maximum atomic E-state index is 13.4. The maximum Gasteiger partial charge on any atom is 0.336 e. The Kier molecular flexibility index (Phi) is 9.55. The fraction of sp³-hybridized carbons (Fsp3) is 0.250. The van der Waals surface area contributed by atoms with Gasteiger partial charge >= 0.3 is 17.6 Å². The van der Waals surface area contributed by atoms with Crippen LogP contribution in [0.25, 0.3) is 23.1 Å². The number of benzene rings is 3. The zero-order valence-electron chi connectivity index (χ0n) is 26.7. The first-order valence-electron chi connectivity index (χ1n) is 14.5. The third kappa shape index (κ3) is 7.09. The van der Waals surface area contributed by atoms with Gasteiger partial charge in [0.05, 0.1) is 34.0 Å². The molecule has 0 amide bonds. The molecule has 0 saturated heterocycles. The molecule has 2 heterocycles. The highest BCUT2D eigenvalue weighted by Gasteiger charge is 2.50. The van der Waals surface area contributed by atoms with Crippen LogP contribution in [0.2, 0.25) is 0 Å². The highest BCUT2D eigenvalue weighted by atomic mass is 16.6. The van der Waals surface area contributed by atoms with E-state index in [1.165, 1.54) is 46.7 Å². The van der Waals surface area contributed by atoms with E-state index in [-0.39, 0.29) is 11.1 Å². The van der Waals surface area contributed by atoms with E-state index in [9.17, 15) is 14.4 Å². The lowest BCUT2D eigenvalue weighted by atomic mass is 9.87. The molecule has 47 heavy (non-hydrogen) atoms. The fourth-order valence-corrected chi connectivity index (χ4v) is 5.25. The molecule has 0 saturated carbocycles. The van der Waals surface area contributed by atoms with E-state index in [2.05, 4.69) is 0 Å². The van der Waals surface area contributed by atoms with Gasteiger partial charge in [0.1, 0.15) is 16.9 Å². The smallest absolute Gasteiger partial charge is 0.336 e. The molecule has 0 aliphatic carbocycles. The van der Waals surface area contributed by atoms with Crippen LogP contribution in [-0.2, 0) is 19.1 Å². The van der Waals surface area contributed by atoms with Gasteiger partial charge < -0.3 is 37.6 Å². The molecule has 2 unspecified atom stereocenters. The van der Waals surface area contributed by atoms with Crippen LogP contribution >= 0.6 is 0 Å². The first-order valence-corrected chi connectivity index (χ1v) is 14.5. The second-order valence-corrected chi connectivity index (χ2v) is 11.0. The van der Waals surface area contributed by atoms with E-state index in [4.69, 9.17) is 37.6 Å². The molecule has 0 spiro atoms. The first-order chi connectivity index (χ1) is 22.6. The molecule has 4 aromatic rings. The summed E-state index contributed by atoms with van der Waals surface area (Å²) >= 11 is 0. The van der Waals surface area contributed by atoms with Crippen LogP contribution in [0.4, 0.5) is 0 Å². The molecule has 0 radical (unpaired) electrons. The molecule has 0 fully saturated rings. The lowest BCUT2D eigenvalue weighted by Crippen LogP contribution is -2.52. The Hall–Kier alpha value is -5.71. The molecule has 1 aromatic heterocycles. The second-order valence-electron chi connectivity index (χ2n) is 11.0. The summed E-state index contributed by atoms with van der Waals surface area (Å²) in [5.74, 6) is 0.883. The molecule has 11 heteroatoms. The number of rotatable bonds is 10. The lowest BCUT2D eigenvalue weighted by molar-refractivity contribution is -0.184. The number of fused-ring (bicyclic) bond motifs is 3. The topological polar surface area (TPSA) is 129 Å². The third-order valence-electron chi connectivity index (χ3n) is 7.53. The molecule has 2 atom stereocenters. The zero-order chi connectivity index (χ0) is 33.7.